The van der Waals surface area contributed by atoms with E-state index >= 15 is 0 Å². The third kappa shape index (κ3) is 4.55. The van der Waals surface area contributed by atoms with Crippen LogP contribution in [0.1, 0.15) is 44.7 Å². The second-order valence-electron chi connectivity index (χ2n) is 7.26. The van der Waals surface area contributed by atoms with Crippen LogP contribution >= 0.6 is 0 Å². The molecule has 0 radical (unpaired) electrons. The van der Waals surface area contributed by atoms with Gasteiger partial charge in [0.1, 0.15) is 0 Å². The van der Waals surface area contributed by atoms with Crippen molar-refractivity contribution in [3.05, 3.63) is 35.4 Å². The van der Waals surface area contributed by atoms with Crippen LogP contribution in [0, 0.1) is 5.92 Å². The van der Waals surface area contributed by atoms with E-state index < -0.39 is 10.0 Å². The fourth-order valence-corrected chi connectivity index (χ4v) is 3.82. The Labute approximate surface area is 129 Å². The number of hydrogen-bond acceptors (Lipinski definition) is 2. The average molecular weight is 309 g/mol. The molecule has 0 aromatic heterocycles. The maximum Gasteiger partial charge on any atom is 0.211 e. The molecule has 1 aliphatic heterocycles. The molecular weight excluding hydrogens is 282 g/mol. The molecule has 1 aromatic carbocycles. The number of sulfonamides is 1. The third-order valence-electron chi connectivity index (χ3n) is 4.36. The van der Waals surface area contributed by atoms with Crippen molar-refractivity contribution < 1.29 is 8.42 Å². The van der Waals surface area contributed by atoms with Crippen LogP contribution in [0.2, 0.25) is 0 Å². The van der Waals surface area contributed by atoms with Crippen molar-refractivity contribution in [1.29, 1.82) is 0 Å². The molecular formula is C17H27NO2S. The molecule has 0 atom stereocenters. The summed E-state index contributed by atoms with van der Waals surface area (Å²) in [4.78, 5) is 0. The van der Waals surface area contributed by atoms with Crippen molar-refractivity contribution in [3.63, 3.8) is 0 Å². The Balaban J connectivity index is 1.98. The summed E-state index contributed by atoms with van der Waals surface area (Å²) < 4.78 is 24.7. The molecule has 1 aliphatic rings. The van der Waals surface area contributed by atoms with Crippen LogP contribution in [-0.2, 0) is 21.9 Å². The van der Waals surface area contributed by atoms with Gasteiger partial charge in [-0.2, -0.15) is 0 Å². The maximum atomic E-state index is 11.5. The first-order valence-corrected chi connectivity index (χ1v) is 9.55. The second kappa shape index (κ2) is 6.09. The lowest BCUT2D eigenvalue weighted by Gasteiger charge is -2.30. The molecule has 0 aliphatic carbocycles. The zero-order chi connectivity index (χ0) is 15.7. The normalized spacial score (nSPS) is 18.9. The van der Waals surface area contributed by atoms with Crippen LogP contribution in [0.3, 0.4) is 0 Å². The van der Waals surface area contributed by atoms with Crippen molar-refractivity contribution in [3.8, 4) is 0 Å². The highest BCUT2D eigenvalue weighted by Crippen LogP contribution is 2.26. The lowest BCUT2D eigenvalue weighted by Crippen LogP contribution is -2.38. The minimum Gasteiger partial charge on any atom is -0.213 e. The Hall–Kier alpha value is -0.870. The number of benzene rings is 1. The summed E-state index contributed by atoms with van der Waals surface area (Å²) in [5.74, 6) is 0.596. The first-order valence-electron chi connectivity index (χ1n) is 7.71. The van der Waals surface area contributed by atoms with E-state index in [0.29, 0.717) is 19.0 Å². The van der Waals surface area contributed by atoms with Gasteiger partial charge in [-0.15, -0.1) is 0 Å². The summed E-state index contributed by atoms with van der Waals surface area (Å²) in [6, 6.07) is 8.83. The Morgan fingerprint density at radius 1 is 1.19 bits per heavy atom. The van der Waals surface area contributed by atoms with Gasteiger partial charge in [-0.25, -0.2) is 12.7 Å². The van der Waals surface area contributed by atoms with E-state index in [0.717, 1.165) is 19.3 Å². The maximum absolute atomic E-state index is 11.5. The van der Waals surface area contributed by atoms with Gasteiger partial charge < -0.3 is 0 Å². The van der Waals surface area contributed by atoms with Gasteiger partial charge in [0.15, 0.2) is 0 Å². The summed E-state index contributed by atoms with van der Waals surface area (Å²) in [5, 5.41) is 0. The molecule has 0 N–H and O–H groups in total. The number of piperidine rings is 1. The lowest BCUT2D eigenvalue weighted by atomic mass is 9.84. The smallest absolute Gasteiger partial charge is 0.211 e. The second-order valence-corrected chi connectivity index (χ2v) is 9.24. The van der Waals surface area contributed by atoms with E-state index in [2.05, 4.69) is 45.0 Å². The van der Waals surface area contributed by atoms with Crippen LogP contribution in [0.5, 0.6) is 0 Å². The van der Waals surface area contributed by atoms with Gasteiger partial charge in [0.2, 0.25) is 10.0 Å². The molecule has 0 amide bonds. The Kier molecular flexibility index (Phi) is 4.79. The van der Waals surface area contributed by atoms with Gasteiger partial charge in [-0.3, -0.25) is 0 Å². The van der Waals surface area contributed by atoms with E-state index in [-0.39, 0.29) is 5.41 Å². The summed E-state index contributed by atoms with van der Waals surface area (Å²) in [6.45, 7) is 8.04. The van der Waals surface area contributed by atoms with E-state index in [4.69, 9.17) is 0 Å². The van der Waals surface area contributed by atoms with Crippen LogP contribution in [-0.4, -0.2) is 32.1 Å². The molecule has 0 bridgehead atoms. The fraction of sp³-hybridized carbons (Fsp3) is 0.647. The predicted molar refractivity (Wildman–Crippen MR) is 88.0 cm³/mol. The highest BCUT2D eigenvalue weighted by Gasteiger charge is 2.25. The zero-order valence-electron chi connectivity index (χ0n) is 13.6. The quantitative estimate of drug-likeness (QED) is 0.860. The summed E-state index contributed by atoms with van der Waals surface area (Å²) in [5.41, 5.74) is 2.92. The highest BCUT2D eigenvalue weighted by atomic mass is 32.2. The van der Waals surface area contributed by atoms with Gasteiger partial charge >= 0.3 is 0 Å². The van der Waals surface area contributed by atoms with Crippen molar-refractivity contribution in [2.24, 2.45) is 5.92 Å². The van der Waals surface area contributed by atoms with E-state index in [1.165, 1.54) is 17.4 Å². The molecule has 0 unspecified atom stereocenters. The summed E-state index contributed by atoms with van der Waals surface area (Å²) in [6.07, 6.45) is 4.29. The van der Waals surface area contributed by atoms with Crippen LogP contribution in [0.15, 0.2) is 24.3 Å². The van der Waals surface area contributed by atoms with E-state index in [1.54, 1.807) is 4.31 Å². The van der Waals surface area contributed by atoms with Crippen LogP contribution in [0.4, 0.5) is 0 Å². The first kappa shape index (κ1) is 16.5. The van der Waals surface area contributed by atoms with Gasteiger partial charge in [-0.1, -0.05) is 45.0 Å². The van der Waals surface area contributed by atoms with Crippen molar-refractivity contribution in [1.82, 2.24) is 4.31 Å². The molecule has 0 saturated carbocycles. The molecule has 1 saturated heterocycles. The standard InChI is InChI=1S/C17H27NO2S/c1-17(2,3)16-7-5-6-15(13-16)12-14-8-10-18(11-9-14)21(4,19)20/h5-7,13-14H,8-12H2,1-4H3. The number of rotatable bonds is 3. The molecule has 0 spiro atoms. The van der Waals surface area contributed by atoms with Gasteiger partial charge in [-0.05, 0) is 41.7 Å². The molecule has 1 aromatic rings. The van der Waals surface area contributed by atoms with Crippen molar-refractivity contribution in [2.45, 2.75) is 45.4 Å². The van der Waals surface area contributed by atoms with E-state index in [9.17, 15) is 8.42 Å². The SMILES string of the molecule is CC(C)(C)c1cccc(CC2CCN(S(C)(=O)=O)CC2)c1. The lowest BCUT2D eigenvalue weighted by molar-refractivity contribution is 0.274. The van der Waals surface area contributed by atoms with Crippen LogP contribution in [0.25, 0.3) is 0 Å². The largest absolute Gasteiger partial charge is 0.213 e. The van der Waals surface area contributed by atoms with Crippen molar-refractivity contribution in [2.75, 3.05) is 19.3 Å². The monoisotopic (exact) mass is 309 g/mol. The van der Waals surface area contributed by atoms with Crippen molar-refractivity contribution >= 4 is 10.0 Å². The topological polar surface area (TPSA) is 37.4 Å². The van der Waals surface area contributed by atoms with Gasteiger partial charge in [0, 0.05) is 13.1 Å². The minimum absolute atomic E-state index is 0.176. The molecule has 3 nitrogen and oxygen atoms in total. The minimum atomic E-state index is -3.01. The number of hydrogen-bond donors (Lipinski definition) is 0. The molecule has 1 fully saturated rings. The molecule has 1 heterocycles. The van der Waals surface area contributed by atoms with E-state index in [1.807, 2.05) is 0 Å². The molecule has 118 valence electrons. The Morgan fingerprint density at radius 3 is 2.33 bits per heavy atom. The van der Waals surface area contributed by atoms with Crippen LogP contribution < -0.4 is 0 Å². The number of nitrogens with zero attached hydrogens (tertiary/aromatic N) is 1. The third-order valence-corrected chi connectivity index (χ3v) is 5.66. The predicted octanol–water partition coefficient (Wildman–Crippen LogP) is 3.20. The van der Waals surface area contributed by atoms with Gasteiger partial charge in [0.25, 0.3) is 0 Å². The van der Waals surface area contributed by atoms with Gasteiger partial charge in [0.05, 0.1) is 6.26 Å². The highest BCUT2D eigenvalue weighted by molar-refractivity contribution is 7.88. The summed E-state index contributed by atoms with van der Waals surface area (Å²) >= 11 is 0. The molecule has 21 heavy (non-hydrogen) atoms. The fourth-order valence-electron chi connectivity index (χ4n) is 2.94. The zero-order valence-corrected chi connectivity index (χ0v) is 14.4. The Morgan fingerprint density at radius 2 is 1.81 bits per heavy atom. The average Bonchev–Trinajstić information content (AvgIpc) is 2.37. The summed E-state index contributed by atoms with van der Waals surface area (Å²) in [7, 11) is -3.01. The first-order chi connectivity index (χ1) is 9.66. The molecule has 4 heteroatoms. The Bertz CT molecular complexity index is 579. The molecule has 2 rings (SSSR count).